The first-order valence-corrected chi connectivity index (χ1v) is 33.6. The summed E-state index contributed by atoms with van der Waals surface area (Å²) in [6.45, 7) is 20.7. The molecule has 0 amide bonds. The van der Waals surface area contributed by atoms with E-state index in [9.17, 15) is 0 Å². The van der Waals surface area contributed by atoms with E-state index in [-0.39, 0.29) is 0 Å². The van der Waals surface area contributed by atoms with Crippen molar-refractivity contribution < 1.29 is 0 Å². The Labute approximate surface area is 568 Å². The molecule has 0 aliphatic rings. The van der Waals surface area contributed by atoms with Crippen LogP contribution in [0.3, 0.4) is 0 Å². The minimum absolute atomic E-state index is 0.678. The number of aryl methyl sites for hydroxylation is 10. The summed E-state index contributed by atoms with van der Waals surface area (Å²) in [5.74, 6) is 4.20. The molecule has 6 heterocycles. The van der Waals surface area contributed by atoms with E-state index in [0.717, 1.165) is 56.1 Å². The minimum atomic E-state index is 0.678. The van der Waals surface area contributed by atoms with Crippen molar-refractivity contribution in [3.63, 3.8) is 0 Å². The Balaban J connectivity index is 0.000000147. The van der Waals surface area contributed by atoms with Crippen LogP contribution in [0.2, 0.25) is 0 Å². The summed E-state index contributed by atoms with van der Waals surface area (Å²) in [6.07, 6.45) is 0. The van der Waals surface area contributed by atoms with E-state index in [1.165, 1.54) is 121 Å². The van der Waals surface area contributed by atoms with Gasteiger partial charge in [0.15, 0.2) is 11.6 Å². The Morgan fingerprint density at radius 1 is 0.194 bits per heavy atom. The molecule has 0 N–H and O–H groups in total. The van der Waals surface area contributed by atoms with Crippen LogP contribution in [0, 0.1) is 69.2 Å². The predicted octanol–water partition coefficient (Wildman–Crippen LogP) is 21.9. The van der Waals surface area contributed by atoms with E-state index >= 15 is 0 Å². The Hall–Kier alpha value is -12.1. The first-order valence-electron chi connectivity index (χ1n) is 33.6. The van der Waals surface area contributed by atoms with Crippen molar-refractivity contribution in [1.82, 2.24) is 48.2 Å². The monoisotopic (exact) mass is 1270 g/mol. The zero-order chi connectivity index (χ0) is 66.8. The third-order valence-corrected chi connectivity index (χ3v) is 19.4. The molecular formula is C88H70N10. The summed E-state index contributed by atoms with van der Waals surface area (Å²) >= 11 is 0. The predicted molar refractivity (Wildman–Crippen MR) is 406 cm³/mol. The first kappa shape index (κ1) is 59.6. The molecule has 10 heteroatoms. The lowest BCUT2D eigenvalue weighted by molar-refractivity contribution is 0.928. The van der Waals surface area contributed by atoms with Crippen molar-refractivity contribution in [2.24, 2.45) is 0 Å². The molecule has 0 fully saturated rings. The average molecular weight is 1270 g/mol. The maximum absolute atomic E-state index is 4.79. The summed E-state index contributed by atoms with van der Waals surface area (Å²) in [5, 5.41) is 9.92. The van der Waals surface area contributed by atoms with Crippen LogP contribution in [-0.2, 0) is 0 Å². The fourth-order valence-corrected chi connectivity index (χ4v) is 15.1. The van der Waals surface area contributed by atoms with Gasteiger partial charge >= 0.3 is 0 Å². The van der Waals surface area contributed by atoms with Crippen LogP contribution >= 0.6 is 0 Å². The summed E-state index contributed by atoms with van der Waals surface area (Å²) in [4.78, 5) is 28.1. The summed E-state index contributed by atoms with van der Waals surface area (Å²) in [7, 11) is 0. The summed E-state index contributed by atoms with van der Waals surface area (Å²) < 4.78 is 9.75. The van der Waals surface area contributed by atoms with Gasteiger partial charge in [0, 0.05) is 76.5 Å². The molecule has 472 valence electrons. The highest BCUT2D eigenvalue weighted by Crippen LogP contribution is 2.46. The van der Waals surface area contributed by atoms with Crippen LogP contribution in [0.15, 0.2) is 243 Å². The molecule has 18 rings (SSSR count). The summed E-state index contributed by atoms with van der Waals surface area (Å²) in [5.41, 5.74) is 27.6. The molecule has 18 aromatic rings. The van der Waals surface area contributed by atoms with Gasteiger partial charge in [-0.3, -0.25) is 0 Å². The smallest absolute Gasteiger partial charge is 0.163 e. The van der Waals surface area contributed by atoms with Crippen molar-refractivity contribution >= 4 is 87.2 Å². The standard InChI is InChI=1S/2C44H35N5/c1-26-16-20-40(48-38-12-8-6-10-32(38)34-18-14-27(2)23-42(34)48)36(22-26)37-25-31(44-46-29(4)45-30(5)47-44)17-21-41(37)49-39-13-9-7-11-33(39)35-19-15-28(3)24-43(35)49;1-26-14-18-34-32-10-6-8-12-38(32)48(41(34)22-26)40-21-17-31(44-46-29(4)45-30(5)47-44)25-37(40)36-20-16-28(3)24-43(36)49-39-13-9-7-11-33(39)35-19-15-27(2)23-42(35)49/h2*6-25H,1-5H3. The van der Waals surface area contributed by atoms with E-state index in [0.29, 0.717) is 34.9 Å². The summed E-state index contributed by atoms with van der Waals surface area (Å²) in [6, 6.07) is 89.0. The molecule has 0 saturated carbocycles. The molecule has 10 nitrogen and oxygen atoms in total. The van der Waals surface area contributed by atoms with Crippen LogP contribution < -0.4 is 0 Å². The Kier molecular flexibility index (Phi) is 14.2. The molecule has 0 aliphatic heterocycles. The van der Waals surface area contributed by atoms with Gasteiger partial charge in [-0.05, 0) is 200 Å². The second-order valence-electron chi connectivity index (χ2n) is 26.5. The van der Waals surface area contributed by atoms with Gasteiger partial charge in [0.05, 0.1) is 66.9 Å². The number of hydrogen-bond donors (Lipinski definition) is 0. The third-order valence-electron chi connectivity index (χ3n) is 19.4. The second kappa shape index (κ2) is 23.4. The second-order valence-corrected chi connectivity index (χ2v) is 26.5. The van der Waals surface area contributed by atoms with E-state index < -0.39 is 0 Å². The van der Waals surface area contributed by atoms with Crippen molar-refractivity contribution in [3.8, 4) is 67.8 Å². The Morgan fingerprint density at radius 3 is 0.827 bits per heavy atom. The van der Waals surface area contributed by atoms with Crippen molar-refractivity contribution in [1.29, 1.82) is 0 Å². The first-order chi connectivity index (χ1) is 47.7. The van der Waals surface area contributed by atoms with Gasteiger partial charge in [0.1, 0.15) is 23.3 Å². The van der Waals surface area contributed by atoms with Gasteiger partial charge in [0.2, 0.25) is 0 Å². The normalized spacial score (nSPS) is 11.8. The van der Waals surface area contributed by atoms with Crippen LogP contribution in [-0.4, -0.2) is 48.2 Å². The Bertz CT molecular complexity index is 6290. The molecule has 0 spiro atoms. The van der Waals surface area contributed by atoms with Crippen molar-refractivity contribution in [3.05, 3.63) is 299 Å². The number of fused-ring (bicyclic) bond motifs is 12. The molecular weight excluding hydrogens is 1200 g/mol. The quantitative estimate of drug-likeness (QED) is 0.150. The van der Waals surface area contributed by atoms with E-state index in [1.54, 1.807) is 0 Å². The minimum Gasteiger partial charge on any atom is -0.309 e. The third kappa shape index (κ3) is 10.0. The van der Waals surface area contributed by atoms with E-state index in [1.807, 2.05) is 27.7 Å². The highest BCUT2D eigenvalue weighted by Gasteiger charge is 2.25. The molecule has 6 aromatic heterocycles. The molecule has 0 unspecified atom stereocenters. The lowest BCUT2D eigenvalue weighted by Crippen LogP contribution is -2.04. The highest BCUT2D eigenvalue weighted by molar-refractivity contribution is 6.14. The molecule has 12 aromatic carbocycles. The molecule has 0 radical (unpaired) electrons. The van der Waals surface area contributed by atoms with Crippen molar-refractivity contribution in [2.45, 2.75) is 69.2 Å². The van der Waals surface area contributed by atoms with Gasteiger partial charge in [-0.15, -0.1) is 0 Å². The molecule has 0 bridgehead atoms. The SMILES string of the molecule is Cc1ccc(-c2cc(-c3nc(C)nc(C)n3)ccc2-n2c3ccccc3c3ccc(C)cc32)c(-n2c3ccccc3c3ccc(C)cc32)c1.Cc1ccc(-n2c3ccccc3c3ccc(C)cc32)c(-c2cc(-c3nc(C)nc(C)n3)ccc2-n2c3ccccc3c3ccc(C)cc32)c1. The number of para-hydroxylation sites is 4. The number of rotatable bonds is 8. The number of hydrogen-bond acceptors (Lipinski definition) is 6. The van der Waals surface area contributed by atoms with Crippen molar-refractivity contribution in [2.75, 3.05) is 0 Å². The highest BCUT2D eigenvalue weighted by atomic mass is 15.0. The van der Waals surface area contributed by atoms with E-state index in [2.05, 4.69) is 312 Å². The van der Waals surface area contributed by atoms with Gasteiger partial charge in [-0.25, -0.2) is 29.9 Å². The largest absolute Gasteiger partial charge is 0.309 e. The van der Waals surface area contributed by atoms with E-state index in [4.69, 9.17) is 19.9 Å². The fraction of sp³-hybridized carbons (Fsp3) is 0.114. The topological polar surface area (TPSA) is 97.1 Å². The van der Waals surface area contributed by atoms with Crippen LogP contribution in [0.4, 0.5) is 0 Å². The van der Waals surface area contributed by atoms with Crippen LogP contribution in [0.1, 0.15) is 56.7 Å². The van der Waals surface area contributed by atoms with Crippen LogP contribution in [0.25, 0.3) is 155 Å². The zero-order valence-corrected chi connectivity index (χ0v) is 56.6. The van der Waals surface area contributed by atoms with Gasteiger partial charge < -0.3 is 18.3 Å². The lowest BCUT2D eigenvalue weighted by atomic mass is 9.96. The number of aromatic nitrogens is 10. The molecule has 98 heavy (non-hydrogen) atoms. The maximum Gasteiger partial charge on any atom is 0.163 e. The van der Waals surface area contributed by atoms with Gasteiger partial charge in [-0.1, -0.05) is 145 Å². The van der Waals surface area contributed by atoms with Gasteiger partial charge in [0.25, 0.3) is 0 Å². The fourth-order valence-electron chi connectivity index (χ4n) is 15.1. The number of benzene rings is 12. The number of nitrogens with zero attached hydrogens (tertiary/aromatic N) is 10. The molecule has 0 atom stereocenters. The average Bonchev–Trinajstić information content (AvgIpc) is 1.57. The Morgan fingerprint density at radius 2 is 0.459 bits per heavy atom. The zero-order valence-electron chi connectivity index (χ0n) is 56.6. The maximum atomic E-state index is 4.79. The van der Waals surface area contributed by atoms with Gasteiger partial charge in [-0.2, -0.15) is 0 Å². The molecule has 0 saturated heterocycles. The lowest BCUT2D eigenvalue weighted by Gasteiger charge is -2.20. The molecule has 0 aliphatic carbocycles. The van der Waals surface area contributed by atoms with Crippen LogP contribution in [0.5, 0.6) is 0 Å².